The standard InChI is InChI=1S/C10H17N3O2S/c1-10(11-2,8(14)15)4-7-16-9-12-5-6-13(9)3/h5-6,11H,4,7H2,1-3H3,(H,14,15). The lowest BCUT2D eigenvalue weighted by molar-refractivity contribution is -0.144. The van der Waals surface area contributed by atoms with Crippen LogP contribution in [0.4, 0.5) is 0 Å². The summed E-state index contributed by atoms with van der Waals surface area (Å²) in [6.45, 7) is 1.69. The molecule has 0 aromatic carbocycles. The van der Waals surface area contributed by atoms with Crippen molar-refractivity contribution in [3.63, 3.8) is 0 Å². The van der Waals surface area contributed by atoms with Crippen molar-refractivity contribution in [2.45, 2.75) is 24.0 Å². The number of carboxylic acids is 1. The number of rotatable bonds is 6. The topological polar surface area (TPSA) is 67.2 Å². The Balaban J connectivity index is 2.46. The molecule has 0 fully saturated rings. The molecule has 5 nitrogen and oxygen atoms in total. The zero-order valence-electron chi connectivity index (χ0n) is 9.73. The molecule has 1 heterocycles. The molecule has 0 saturated carbocycles. The molecule has 16 heavy (non-hydrogen) atoms. The molecule has 0 radical (unpaired) electrons. The van der Waals surface area contributed by atoms with Crippen molar-refractivity contribution in [3.8, 4) is 0 Å². The van der Waals surface area contributed by atoms with Crippen LogP contribution in [0.2, 0.25) is 0 Å². The van der Waals surface area contributed by atoms with Crippen molar-refractivity contribution < 1.29 is 9.90 Å². The molecule has 0 amide bonds. The highest BCUT2D eigenvalue weighted by Crippen LogP contribution is 2.19. The number of aliphatic carboxylic acids is 1. The first-order valence-electron chi connectivity index (χ1n) is 5.02. The maximum absolute atomic E-state index is 11.0. The van der Waals surface area contributed by atoms with Crippen LogP contribution in [0.5, 0.6) is 0 Å². The molecule has 2 N–H and O–H groups in total. The lowest BCUT2D eigenvalue weighted by atomic mass is 10.00. The zero-order chi connectivity index (χ0) is 12.2. The van der Waals surface area contributed by atoms with Crippen molar-refractivity contribution in [3.05, 3.63) is 12.4 Å². The van der Waals surface area contributed by atoms with E-state index in [1.54, 1.807) is 31.9 Å². The van der Waals surface area contributed by atoms with Gasteiger partial charge in [0.15, 0.2) is 5.16 Å². The normalized spacial score (nSPS) is 14.7. The van der Waals surface area contributed by atoms with Gasteiger partial charge in [-0.3, -0.25) is 4.79 Å². The minimum absolute atomic E-state index is 0.552. The Bertz CT molecular complexity index is 367. The summed E-state index contributed by atoms with van der Waals surface area (Å²) in [5.41, 5.74) is -0.863. The van der Waals surface area contributed by atoms with Crippen LogP contribution in [0.15, 0.2) is 17.6 Å². The zero-order valence-corrected chi connectivity index (χ0v) is 10.5. The molecule has 0 aliphatic heterocycles. The first-order chi connectivity index (χ1) is 7.49. The average Bonchev–Trinajstić information content (AvgIpc) is 2.64. The quantitative estimate of drug-likeness (QED) is 0.729. The van der Waals surface area contributed by atoms with Gasteiger partial charge in [-0.2, -0.15) is 0 Å². The average molecular weight is 243 g/mol. The molecule has 0 saturated heterocycles. The van der Waals surface area contributed by atoms with Crippen molar-refractivity contribution in [2.75, 3.05) is 12.8 Å². The number of nitrogens with zero attached hydrogens (tertiary/aromatic N) is 2. The number of carbonyl (C=O) groups is 1. The summed E-state index contributed by atoms with van der Waals surface area (Å²) in [5.74, 6) is -0.107. The van der Waals surface area contributed by atoms with E-state index in [0.717, 1.165) is 5.16 Å². The van der Waals surface area contributed by atoms with E-state index in [9.17, 15) is 4.79 Å². The van der Waals surface area contributed by atoms with E-state index < -0.39 is 11.5 Å². The number of aromatic nitrogens is 2. The van der Waals surface area contributed by atoms with Crippen molar-refractivity contribution in [2.24, 2.45) is 7.05 Å². The van der Waals surface area contributed by atoms with Crippen molar-refractivity contribution >= 4 is 17.7 Å². The van der Waals surface area contributed by atoms with E-state index >= 15 is 0 Å². The fraction of sp³-hybridized carbons (Fsp3) is 0.600. The fourth-order valence-corrected chi connectivity index (χ4v) is 2.27. The summed E-state index contributed by atoms with van der Waals surface area (Å²) < 4.78 is 1.92. The molecular weight excluding hydrogens is 226 g/mol. The van der Waals surface area contributed by atoms with Gasteiger partial charge in [0.25, 0.3) is 0 Å². The number of imidazole rings is 1. The lowest BCUT2D eigenvalue weighted by Gasteiger charge is -2.23. The Kier molecular flexibility index (Phi) is 4.37. The molecule has 1 aromatic rings. The van der Waals surface area contributed by atoms with Crippen molar-refractivity contribution in [1.29, 1.82) is 0 Å². The van der Waals surface area contributed by atoms with Gasteiger partial charge in [0.05, 0.1) is 0 Å². The number of hydrogen-bond acceptors (Lipinski definition) is 4. The predicted molar refractivity (Wildman–Crippen MR) is 63.6 cm³/mol. The Labute approximate surface area is 99.3 Å². The van der Waals surface area contributed by atoms with Crippen LogP contribution in [0.1, 0.15) is 13.3 Å². The second-order valence-corrected chi connectivity index (χ2v) is 4.87. The smallest absolute Gasteiger partial charge is 0.323 e. The van der Waals surface area contributed by atoms with E-state index in [1.165, 1.54) is 0 Å². The summed E-state index contributed by atoms with van der Waals surface area (Å²) in [7, 11) is 3.59. The summed E-state index contributed by atoms with van der Waals surface area (Å²) in [6, 6.07) is 0. The molecule has 1 atom stereocenters. The Morgan fingerprint density at radius 2 is 2.44 bits per heavy atom. The van der Waals surface area contributed by atoms with Crippen LogP contribution in [0.25, 0.3) is 0 Å². The van der Waals surface area contributed by atoms with Crippen LogP contribution < -0.4 is 5.32 Å². The molecule has 1 unspecified atom stereocenters. The van der Waals surface area contributed by atoms with Gasteiger partial charge in [-0.05, 0) is 20.4 Å². The van der Waals surface area contributed by atoms with Gasteiger partial charge >= 0.3 is 5.97 Å². The third kappa shape index (κ3) is 2.99. The summed E-state index contributed by atoms with van der Waals surface area (Å²) in [4.78, 5) is 15.2. The molecule has 0 aliphatic carbocycles. The van der Waals surface area contributed by atoms with E-state index in [0.29, 0.717) is 12.2 Å². The maximum Gasteiger partial charge on any atom is 0.323 e. The Morgan fingerprint density at radius 3 is 2.88 bits per heavy atom. The Hall–Kier alpha value is -1.01. The second-order valence-electron chi connectivity index (χ2n) is 3.81. The molecule has 0 aliphatic rings. The molecule has 90 valence electrons. The van der Waals surface area contributed by atoms with Gasteiger partial charge in [-0.15, -0.1) is 0 Å². The molecule has 1 aromatic heterocycles. The van der Waals surface area contributed by atoms with Crippen LogP contribution in [0, 0.1) is 0 Å². The number of hydrogen-bond donors (Lipinski definition) is 2. The highest BCUT2D eigenvalue weighted by atomic mass is 32.2. The first kappa shape index (κ1) is 13.1. The van der Waals surface area contributed by atoms with Crippen LogP contribution in [-0.2, 0) is 11.8 Å². The van der Waals surface area contributed by atoms with Crippen LogP contribution >= 0.6 is 11.8 Å². The highest BCUT2D eigenvalue weighted by molar-refractivity contribution is 7.99. The van der Waals surface area contributed by atoms with Crippen LogP contribution in [0.3, 0.4) is 0 Å². The summed E-state index contributed by atoms with van der Waals surface area (Å²) in [5, 5.41) is 12.8. The molecule has 0 spiro atoms. The van der Waals surface area contributed by atoms with Gasteiger partial charge < -0.3 is 15.0 Å². The van der Waals surface area contributed by atoms with Gasteiger partial charge in [0, 0.05) is 25.2 Å². The summed E-state index contributed by atoms with van der Waals surface area (Å²) >= 11 is 1.56. The highest BCUT2D eigenvalue weighted by Gasteiger charge is 2.30. The van der Waals surface area contributed by atoms with E-state index in [1.807, 2.05) is 17.8 Å². The molecule has 6 heteroatoms. The maximum atomic E-state index is 11.0. The summed E-state index contributed by atoms with van der Waals surface area (Å²) in [6.07, 6.45) is 4.16. The molecule has 1 rings (SSSR count). The van der Waals surface area contributed by atoms with Gasteiger partial charge in [0.2, 0.25) is 0 Å². The number of aryl methyl sites for hydroxylation is 1. The SMILES string of the molecule is CNC(C)(CCSc1nccn1C)C(=O)O. The number of likely N-dealkylation sites (N-methyl/N-ethyl adjacent to an activating group) is 1. The largest absolute Gasteiger partial charge is 0.480 e. The monoisotopic (exact) mass is 243 g/mol. The van der Waals surface area contributed by atoms with E-state index in [4.69, 9.17) is 5.11 Å². The minimum atomic E-state index is -0.863. The first-order valence-corrected chi connectivity index (χ1v) is 6.00. The predicted octanol–water partition coefficient (Wildman–Crippen LogP) is 0.965. The third-order valence-corrected chi connectivity index (χ3v) is 3.69. The lowest BCUT2D eigenvalue weighted by Crippen LogP contribution is -2.47. The van der Waals surface area contributed by atoms with E-state index in [2.05, 4.69) is 10.3 Å². The third-order valence-electron chi connectivity index (χ3n) is 2.63. The van der Waals surface area contributed by atoms with Crippen molar-refractivity contribution in [1.82, 2.24) is 14.9 Å². The second kappa shape index (κ2) is 5.36. The molecule has 0 bridgehead atoms. The number of thioether (sulfide) groups is 1. The Morgan fingerprint density at radius 1 is 1.75 bits per heavy atom. The number of nitrogens with one attached hydrogen (secondary N) is 1. The fourth-order valence-electron chi connectivity index (χ4n) is 1.18. The number of carboxylic acid groups (broad SMARTS) is 1. The minimum Gasteiger partial charge on any atom is -0.480 e. The van der Waals surface area contributed by atoms with Gasteiger partial charge in [-0.25, -0.2) is 4.98 Å². The molecular formula is C10H17N3O2S. The van der Waals surface area contributed by atoms with Gasteiger partial charge in [0.1, 0.15) is 5.54 Å². The van der Waals surface area contributed by atoms with Gasteiger partial charge in [-0.1, -0.05) is 11.8 Å². The van der Waals surface area contributed by atoms with Crippen LogP contribution in [-0.4, -0.2) is 39.0 Å². The van der Waals surface area contributed by atoms with E-state index in [-0.39, 0.29) is 0 Å².